The van der Waals surface area contributed by atoms with E-state index >= 15 is 0 Å². The Balaban J connectivity index is 1.61. The lowest BCUT2D eigenvalue weighted by atomic mass is 9.76. The molecule has 150 valence electrons. The van der Waals surface area contributed by atoms with Gasteiger partial charge in [-0.2, -0.15) is 0 Å². The summed E-state index contributed by atoms with van der Waals surface area (Å²) in [6.07, 6.45) is 5.62. The molecule has 0 amide bonds. The molecular formula is C25H28N2O2. The summed E-state index contributed by atoms with van der Waals surface area (Å²) < 4.78 is 0. The second-order valence-corrected chi connectivity index (χ2v) is 8.06. The van der Waals surface area contributed by atoms with E-state index < -0.39 is 5.69 Å². The van der Waals surface area contributed by atoms with Gasteiger partial charge >= 0.3 is 5.69 Å². The van der Waals surface area contributed by atoms with Crippen molar-refractivity contribution in [3.05, 3.63) is 103 Å². The highest BCUT2D eigenvalue weighted by atomic mass is 16.2. The van der Waals surface area contributed by atoms with Crippen LogP contribution in [0.5, 0.6) is 0 Å². The van der Waals surface area contributed by atoms with Crippen molar-refractivity contribution >= 4 is 0 Å². The van der Waals surface area contributed by atoms with E-state index in [0.29, 0.717) is 17.9 Å². The van der Waals surface area contributed by atoms with Gasteiger partial charge in [0.05, 0.1) is 0 Å². The number of rotatable bonds is 5. The molecule has 1 aliphatic carbocycles. The van der Waals surface area contributed by atoms with Gasteiger partial charge < -0.3 is 4.98 Å². The summed E-state index contributed by atoms with van der Waals surface area (Å²) in [5, 5.41) is 0. The molecule has 0 bridgehead atoms. The van der Waals surface area contributed by atoms with Crippen LogP contribution in [0.2, 0.25) is 0 Å². The maximum Gasteiger partial charge on any atom is 0.325 e. The number of aromatic amines is 2. The Bertz CT molecular complexity index is 1070. The Labute approximate surface area is 171 Å². The molecule has 1 heterocycles. The number of aryl methyl sites for hydroxylation is 1. The normalized spacial score (nSPS) is 19.2. The second-order valence-electron chi connectivity index (χ2n) is 8.06. The van der Waals surface area contributed by atoms with Gasteiger partial charge in [-0.15, -0.1) is 0 Å². The highest BCUT2D eigenvalue weighted by Gasteiger charge is 2.27. The Morgan fingerprint density at radius 2 is 1.41 bits per heavy atom. The molecule has 1 aromatic heterocycles. The van der Waals surface area contributed by atoms with Crippen LogP contribution in [-0.2, 0) is 12.8 Å². The van der Waals surface area contributed by atoms with Crippen molar-refractivity contribution in [1.82, 2.24) is 9.97 Å². The van der Waals surface area contributed by atoms with Gasteiger partial charge in [-0.1, -0.05) is 61.5 Å². The number of aromatic nitrogens is 2. The molecule has 4 nitrogen and oxygen atoms in total. The number of nitrogens with one attached hydrogen (secondary N) is 2. The van der Waals surface area contributed by atoms with Gasteiger partial charge in [-0.3, -0.25) is 9.78 Å². The number of hydrogen-bond donors (Lipinski definition) is 2. The highest BCUT2D eigenvalue weighted by Crippen LogP contribution is 2.40. The predicted octanol–water partition coefficient (Wildman–Crippen LogP) is 4.66. The standard InChI is InChI=1S/C25H28N2O2/c1-2-17-8-6-7-11-21(17)16-22-23(26-25(29)27-24(22)28)20-14-12-19(13-15-20)18-9-4-3-5-10-18/h3-11,19-20H,2,12-16H2,1H3,(H2,26,27,28,29). The Morgan fingerprint density at radius 1 is 0.793 bits per heavy atom. The van der Waals surface area contributed by atoms with Gasteiger partial charge in [0.15, 0.2) is 0 Å². The van der Waals surface area contributed by atoms with Crippen molar-refractivity contribution in [1.29, 1.82) is 0 Å². The summed E-state index contributed by atoms with van der Waals surface area (Å²) in [4.78, 5) is 30.2. The molecule has 29 heavy (non-hydrogen) atoms. The van der Waals surface area contributed by atoms with Crippen molar-refractivity contribution in [2.24, 2.45) is 0 Å². The molecule has 2 aromatic carbocycles. The molecule has 2 N–H and O–H groups in total. The lowest BCUT2D eigenvalue weighted by molar-refractivity contribution is 0.388. The number of H-pyrrole nitrogens is 2. The highest BCUT2D eigenvalue weighted by molar-refractivity contribution is 5.34. The van der Waals surface area contributed by atoms with Gasteiger partial charge in [-0.05, 0) is 60.6 Å². The molecule has 4 heteroatoms. The zero-order chi connectivity index (χ0) is 20.2. The SMILES string of the molecule is CCc1ccccc1Cc1c(C2CCC(c3ccccc3)CC2)[nH]c(=O)[nH]c1=O. The summed E-state index contributed by atoms with van der Waals surface area (Å²) in [6, 6.07) is 18.9. The zero-order valence-electron chi connectivity index (χ0n) is 16.9. The van der Waals surface area contributed by atoms with Crippen LogP contribution >= 0.6 is 0 Å². The summed E-state index contributed by atoms with van der Waals surface area (Å²) in [6.45, 7) is 2.13. The third-order valence-electron chi connectivity index (χ3n) is 6.35. The Morgan fingerprint density at radius 3 is 2.10 bits per heavy atom. The average Bonchev–Trinajstić information content (AvgIpc) is 2.76. The topological polar surface area (TPSA) is 65.7 Å². The van der Waals surface area contributed by atoms with Crippen LogP contribution in [0.25, 0.3) is 0 Å². The molecule has 0 radical (unpaired) electrons. The third-order valence-corrected chi connectivity index (χ3v) is 6.35. The molecule has 0 saturated heterocycles. The van der Waals surface area contributed by atoms with Gasteiger partial charge in [-0.25, -0.2) is 4.79 Å². The fraction of sp³-hybridized carbons (Fsp3) is 0.360. The van der Waals surface area contributed by atoms with E-state index in [1.54, 1.807) is 0 Å². The summed E-state index contributed by atoms with van der Waals surface area (Å²) in [5.41, 5.74) is 4.71. The third kappa shape index (κ3) is 4.26. The average molecular weight is 389 g/mol. The minimum atomic E-state index is -0.400. The van der Waals surface area contributed by atoms with E-state index in [1.807, 2.05) is 12.1 Å². The number of benzene rings is 2. The maximum absolute atomic E-state index is 12.7. The Hall–Kier alpha value is -2.88. The van der Waals surface area contributed by atoms with Gasteiger partial charge in [0, 0.05) is 17.7 Å². The van der Waals surface area contributed by atoms with Crippen LogP contribution < -0.4 is 11.2 Å². The fourth-order valence-electron chi connectivity index (χ4n) is 4.76. The summed E-state index contributed by atoms with van der Waals surface area (Å²) in [7, 11) is 0. The Kier molecular flexibility index (Phi) is 5.79. The largest absolute Gasteiger partial charge is 0.325 e. The van der Waals surface area contributed by atoms with Gasteiger partial charge in [0.1, 0.15) is 0 Å². The van der Waals surface area contributed by atoms with Crippen molar-refractivity contribution < 1.29 is 0 Å². The molecule has 0 aliphatic heterocycles. The first-order chi connectivity index (χ1) is 14.2. The first kappa shape index (κ1) is 19.4. The van der Waals surface area contributed by atoms with Crippen LogP contribution in [0.15, 0.2) is 64.2 Å². The van der Waals surface area contributed by atoms with E-state index in [4.69, 9.17) is 0 Å². The van der Waals surface area contributed by atoms with Gasteiger partial charge in [0.25, 0.3) is 5.56 Å². The van der Waals surface area contributed by atoms with E-state index in [9.17, 15) is 9.59 Å². The zero-order valence-corrected chi connectivity index (χ0v) is 16.9. The van der Waals surface area contributed by atoms with Crippen molar-refractivity contribution in [2.75, 3.05) is 0 Å². The van der Waals surface area contributed by atoms with Crippen LogP contribution in [0.3, 0.4) is 0 Å². The monoisotopic (exact) mass is 388 g/mol. The summed E-state index contributed by atoms with van der Waals surface area (Å²) >= 11 is 0. The predicted molar refractivity (Wildman–Crippen MR) is 117 cm³/mol. The number of hydrogen-bond acceptors (Lipinski definition) is 2. The molecule has 1 fully saturated rings. The van der Waals surface area contributed by atoms with Crippen LogP contribution in [-0.4, -0.2) is 9.97 Å². The molecule has 0 spiro atoms. The van der Waals surface area contributed by atoms with Crippen molar-refractivity contribution in [3.63, 3.8) is 0 Å². The summed E-state index contributed by atoms with van der Waals surface area (Å²) in [5.74, 6) is 0.791. The van der Waals surface area contributed by atoms with Crippen LogP contribution in [0.1, 0.15) is 72.4 Å². The lowest BCUT2D eigenvalue weighted by Crippen LogP contribution is -2.30. The maximum atomic E-state index is 12.7. The molecule has 4 rings (SSSR count). The molecule has 0 unspecified atom stereocenters. The molecule has 0 atom stereocenters. The quantitative estimate of drug-likeness (QED) is 0.668. The van der Waals surface area contributed by atoms with E-state index in [-0.39, 0.29) is 11.5 Å². The van der Waals surface area contributed by atoms with E-state index in [2.05, 4.69) is 59.4 Å². The van der Waals surface area contributed by atoms with Crippen LogP contribution in [0.4, 0.5) is 0 Å². The van der Waals surface area contributed by atoms with Crippen LogP contribution in [0, 0.1) is 0 Å². The fourth-order valence-corrected chi connectivity index (χ4v) is 4.76. The first-order valence-electron chi connectivity index (χ1n) is 10.6. The molecule has 1 aliphatic rings. The van der Waals surface area contributed by atoms with Crippen molar-refractivity contribution in [3.8, 4) is 0 Å². The second kappa shape index (κ2) is 8.64. The molecule has 3 aromatic rings. The van der Waals surface area contributed by atoms with E-state index in [0.717, 1.165) is 43.4 Å². The van der Waals surface area contributed by atoms with E-state index in [1.165, 1.54) is 11.1 Å². The van der Waals surface area contributed by atoms with Gasteiger partial charge in [0.2, 0.25) is 0 Å². The smallest absolute Gasteiger partial charge is 0.311 e. The minimum absolute atomic E-state index is 0.230. The molecule has 1 saturated carbocycles. The van der Waals surface area contributed by atoms with Crippen molar-refractivity contribution in [2.45, 2.75) is 57.3 Å². The molecular weight excluding hydrogens is 360 g/mol. The lowest BCUT2D eigenvalue weighted by Gasteiger charge is -2.29. The first-order valence-corrected chi connectivity index (χ1v) is 10.6. The minimum Gasteiger partial charge on any atom is -0.311 e.